The normalized spacial score (nSPS) is 20.9. The third-order valence-corrected chi connectivity index (χ3v) is 7.34. The number of aryl methyl sites for hydroxylation is 1. The molecule has 3 heterocycles. The maximum absolute atomic E-state index is 12.3. The molecule has 1 saturated heterocycles. The summed E-state index contributed by atoms with van der Waals surface area (Å²) in [5, 5.41) is 1.78. The van der Waals surface area contributed by atoms with Crippen molar-refractivity contribution < 1.29 is 8.42 Å². The summed E-state index contributed by atoms with van der Waals surface area (Å²) in [7, 11) is -3.41. The molecule has 8 heteroatoms. The number of fused-ring (bicyclic) bond motifs is 1. The van der Waals surface area contributed by atoms with Crippen molar-refractivity contribution in [1.29, 1.82) is 0 Å². The Balaban J connectivity index is 1.49. The van der Waals surface area contributed by atoms with Crippen LogP contribution in [0.25, 0.3) is 0 Å². The lowest BCUT2D eigenvalue weighted by atomic mass is 10.2. The lowest BCUT2D eigenvalue weighted by molar-refractivity contribution is 0.563. The molecule has 1 atom stereocenters. The molecule has 6 nitrogen and oxygen atoms in total. The van der Waals surface area contributed by atoms with Gasteiger partial charge in [-0.15, -0.1) is 11.3 Å². The molecule has 23 heavy (non-hydrogen) atoms. The van der Waals surface area contributed by atoms with E-state index in [1.54, 1.807) is 23.8 Å². The molecule has 0 saturated carbocycles. The average molecular weight is 350 g/mol. The number of hydrogen-bond donors (Lipinski definition) is 1. The molecule has 2 aromatic heterocycles. The minimum atomic E-state index is -3.41. The molecule has 1 aliphatic heterocycles. The number of nitrogens with zero attached hydrogens (tertiary/aromatic N) is 3. The Morgan fingerprint density at radius 1 is 1.30 bits per heavy atom. The Bertz CT molecular complexity index is 805. The van der Waals surface area contributed by atoms with Crippen molar-refractivity contribution in [2.75, 3.05) is 18.0 Å². The molecule has 0 bridgehead atoms. The van der Waals surface area contributed by atoms with Gasteiger partial charge in [0, 0.05) is 30.4 Å². The number of aromatic nitrogens is 2. The van der Waals surface area contributed by atoms with Crippen LogP contribution in [0.3, 0.4) is 0 Å². The van der Waals surface area contributed by atoms with E-state index >= 15 is 0 Å². The molecule has 2 aromatic rings. The molecule has 1 N–H and O–H groups in total. The van der Waals surface area contributed by atoms with E-state index in [4.69, 9.17) is 0 Å². The van der Waals surface area contributed by atoms with Gasteiger partial charge in [0.25, 0.3) is 0 Å². The molecule has 0 radical (unpaired) electrons. The van der Waals surface area contributed by atoms with Gasteiger partial charge in [-0.25, -0.2) is 23.1 Å². The number of sulfonamides is 1. The van der Waals surface area contributed by atoms with E-state index < -0.39 is 10.0 Å². The Hall–Kier alpha value is -1.51. The van der Waals surface area contributed by atoms with E-state index in [2.05, 4.69) is 19.6 Å². The van der Waals surface area contributed by atoms with Crippen LogP contribution >= 0.6 is 11.3 Å². The van der Waals surface area contributed by atoms with Gasteiger partial charge in [0.1, 0.15) is 16.4 Å². The van der Waals surface area contributed by atoms with E-state index in [0.29, 0.717) is 10.8 Å². The highest BCUT2D eigenvalue weighted by molar-refractivity contribution is 7.91. The fourth-order valence-electron chi connectivity index (χ4n) is 3.36. The fourth-order valence-corrected chi connectivity index (χ4v) is 5.63. The predicted molar refractivity (Wildman–Crippen MR) is 89.3 cm³/mol. The molecule has 0 aromatic carbocycles. The van der Waals surface area contributed by atoms with Crippen molar-refractivity contribution in [3.63, 3.8) is 0 Å². The van der Waals surface area contributed by atoms with Crippen LogP contribution in [0.2, 0.25) is 0 Å². The lowest BCUT2D eigenvalue weighted by Crippen LogP contribution is -2.37. The van der Waals surface area contributed by atoms with Gasteiger partial charge >= 0.3 is 0 Å². The number of thiophene rings is 1. The SMILES string of the molecule is O=S(=O)(NC1CCN(c2ncnc3c2CCC3)C1)c1cccs1. The van der Waals surface area contributed by atoms with Crippen LogP contribution in [0.5, 0.6) is 0 Å². The van der Waals surface area contributed by atoms with Gasteiger partial charge in [0.15, 0.2) is 0 Å². The lowest BCUT2D eigenvalue weighted by Gasteiger charge is -2.20. The number of hydrogen-bond acceptors (Lipinski definition) is 6. The molecular formula is C15H18N4O2S2. The zero-order chi connectivity index (χ0) is 15.9. The molecule has 1 aliphatic carbocycles. The summed E-state index contributed by atoms with van der Waals surface area (Å²) >= 11 is 1.24. The molecule has 4 rings (SSSR count). The van der Waals surface area contributed by atoms with Crippen LogP contribution in [0.4, 0.5) is 5.82 Å². The summed E-state index contributed by atoms with van der Waals surface area (Å²) in [6.07, 6.45) is 5.59. The highest BCUT2D eigenvalue weighted by Crippen LogP contribution is 2.30. The molecule has 2 aliphatic rings. The second kappa shape index (κ2) is 5.85. The van der Waals surface area contributed by atoms with Crippen LogP contribution in [-0.4, -0.2) is 37.5 Å². The smallest absolute Gasteiger partial charge is 0.250 e. The number of nitrogens with one attached hydrogen (secondary N) is 1. The van der Waals surface area contributed by atoms with E-state index in [1.807, 2.05) is 0 Å². The zero-order valence-corrected chi connectivity index (χ0v) is 14.2. The maximum atomic E-state index is 12.3. The summed E-state index contributed by atoms with van der Waals surface area (Å²) in [4.78, 5) is 11.0. The van der Waals surface area contributed by atoms with E-state index in [0.717, 1.165) is 43.7 Å². The van der Waals surface area contributed by atoms with Gasteiger partial charge in [-0.3, -0.25) is 0 Å². The highest BCUT2D eigenvalue weighted by atomic mass is 32.2. The van der Waals surface area contributed by atoms with Crippen molar-refractivity contribution in [2.24, 2.45) is 0 Å². The Kier molecular flexibility index (Phi) is 3.82. The van der Waals surface area contributed by atoms with Gasteiger partial charge in [-0.05, 0) is 37.1 Å². The summed E-state index contributed by atoms with van der Waals surface area (Å²) in [6.45, 7) is 1.48. The van der Waals surface area contributed by atoms with Crippen LogP contribution in [0.15, 0.2) is 28.0 Å². The molecule has 122 valence electrons. The minimum Gasteiger partial charge on any atom is -0.355 e. The third-order valence-electron chi connectivity index (χ3n) is 4.42. The monoisotopic (exact) mass is 350 g/mol. The van der Waals surface area contributed by atoms with Gasteiger partial charge in [0.05, 0.1) is 0 Å². The molecule has 0 amide bonds. The summed E-state index contributed by atoms with van der Waals surface area (Å²) < 4.78 is 27.9. The first-order chi connectivity index (χ1) is 11.1. The van der Waals surface area contributed by atoms with Crippen LogP contribution in [-0.2, 0) is 22.9 Å². The minimum absolute atomic E-state index is 0.0749. The first kappa shape index (κ1) is 15.0. The van der Waals surface area contributed by atoms with Crippen LogP contribution in [0, 0.1) is 0 Å². The van der Waals surface area contributed by atoms with Gasteiger partial charge < -0.3 is 4.90 Å². The molecule has 1 unspecified atom stereocenters. The third kappa shape index (κ3) is 2.86. The standard InChI is InChI=1S/C15H18N4O2S2/c20-23(21,14-5-2-8-22-14)18-11-6-7-19(9-11)15-12-3-1-4-13(12)16-10-17-15/h2,5,8,10-11,18H,1,3-4,6-7,9H2. The second-order valence-corrected chi connectivity index (χ2v) is 8.85. The number of anilines is 1. The quantitative estimate of drug-likeness (QED) is 0.906. The molecule has 1 fully saturated rings. The van der Waals surface area contributed by atoms with E-state index in [9.17, 15) is 8.42 Å². The first-order valence-electron chi connectivity index (χ1n) is 7.77. The molecule has 0 spiro atoms. The summed E-state index contributed by atoms with van der Waals surface area (Å²) in [5.41, 5.74) is 2.40. The van der Waals surface area contributed by atoms with Crippen molar-refractivity contribution in [1.82, 2.24) is 14.7 Å². The fraction of sp³-hybridized carbons (Fsp3) is 0.467. The van der Waals surface area contributed by atoms with E-state index in [-0.39, 0.29) is 6.04 Å². The maximum Gasteiger partial charge on any atom is 0.250 e. The van der Waals surface area contributed by atoms with Crippen LogP contribution in [0.1, 0.15) is 24.1 Å². The molecular weight excluding hydrogens is 332 g/mol. The van der Waals surface area contributed by atoms with E-state index in [1.165, 1.54) is 16.9 Å². The predicted octanol–water partition coefficient (Wildman–Crippen LogP) is 1.58. The second-order valence-electron chi connectivity index (χ2n) is 5.96. The van der Waals surface area contributed by atoms with Crippen molar-refractivity contribution in [3.05, 3.63) is 35.1 Å². The summed E-state index contributed by atoms with van der Waals surface area (Å²) in [6, 6.07) is 3.32. The van der Waals surface area contributed by atoms with Gasteiger partial charge in [-0.2, -0.15) is 0 Å². The Labute approximate surface area is 139 Å². The largest absolute Gasteiger partial charge is 0.355 e. The Morgan fingerprint density at radius 2 is 2.22 bits per heavy atom. The van der Waals surface area contributed by atoms with Crippen molar-refractivity contribution >= 4 is 27.2 Å². The highest BCUT2D eigenvalue weighted by Gasteiger charge is 2.30. The van der Waals surface area contributed by atoms with Crippen molar-refractivity contribution in [3.8, 4) is 0 Å². The average Bonchev–Trinajstić information content (AvgIpc) is 3.27. The summed E-state index contributed by atoms with van der Waals surface area (Å²) in [5.74, 6) is 0.991. The van der Waals surface area contributed by atoms with Gasteiger partial charge in [0.2, 0.25) is 10.0 Å². The Morgan fingerprint density at radius 3 is 3.04 bits per heavy atom. The zero-order valence-electron chi connectivity index (χ0n) is 12.6. The van der Waals surface area contributed by atoms with Crippen LogP contribution < -0.4 is 9.62 Å². The van der Waals surface area contributed by atoms with Gasteiger partial charge in [-0.1, -0.05) is 6.07 Å². The van der Waals surface area contributed by atoms with Crippen molar-refractivity contribution in [2.45, 2.75) is 35.9 Å². The number of rotatable bonds is 4. The topological polar surface area (TPSA) is 75.2 Å². The first-order valence-corrected chi connectivity index (χ1v) is 10.1.